The van der Waals surface area contributed by atoms with Gasteiger partial charge in [0.1, 0.15) is 9.88 Å². The van der Waals surface area contributed by atoms with Crippen LogP contribution < -0.4 is 14.8 Å². The van der Waals surface area contributed by atoms with Crippen LogP contribution in [0, 0.1) is 6.92 Å². The van der Waals surface area contributed by atoms with Crippen LogP contribution in [0.25, 0.3) is 10.6 Å². The minimum atomic E-state index is 0.0655. The number of hydrogen-bond acceptors (Lipinski definition) is 6. The predicted molar refractivity (Wildman–Crippen MR) is 98.8 cm³/mol. The molecule has 3 rings (SSSR count). The van der Waals surface area contributed by atoms with Crippen LogP contribution in [-0.2, 0) is 0 Å². The van der Waals surface area contributed by atoms with Gasteiger partial charge in [0, 0.05) is 31.2 Å². The second kappa shape index (κ2) is 7.41. The molecule has 134 valence electrons. The SMILES string of the molecule is COc1ccc(-c2nc(C)c(C(=O)N3CCNC[C@H]3C)s2)cc1OC. The van der Waals surface area contributed by atoms with Crippen LogP contribution in [-0.4, -0.2) is 55.7 Å². The molecule has 0 unspecified atom stereocenters. The number of aromatic nitrogens is 1. The largest absolute Gasteiger partial charge is 0.493 e. The van der Waals surface area contributed by atoms with E-state index in [2.05, 4.69) is 17.2 Å². The Morgan fingerprint density at radius 3 is 2.76 bits per heavy atom. The molecule has 0 bridgehead atoms. The molecule has 1 aromatic carbocycles. The molecule has 1 aromatic heterocycles. The number of methoxy groups -OCH3 is 2. The first-order chi connectivity index (χ1) is 12.0. The van der Waals surface area contributed by atoms with Gasteiger partial charge in [0.05, 0.1) is 19.9 Å². The van der Waals surface area contributed by atoms with Crippen molar-refractivity contribution < 1.29 is 14.3 Å². The Kier molecular flexibility index (Phi) is 5.24. The molecule has 7 heteroatoms. The van der Waals surface area contributed by atoms with E-state index >= 15 is 0 Å². The van der Waals surface area contributed by atoms with E-state index in [0.29, 0.717) is 16.4 Å². The number of nitrogens with one attached hydrogen (secondary N) is 1. The van der Waals surface area contributed by atoms with E-state index in [-0.39, 0.29) is 11.9 Å². The molecule has 1 aliphatic rings. The van der Waals surface area contributed by atoms with Crippen molar-refractivity contribution in [1.82, 2.24) is 15.2 Å². The van der Waals surface area contributed by atoms with E-state index in [0.717, 1.165) is 35.9 Å². The summed E-state index contributed by atoms with van der Waals surface area (Å²) in [6.07, 6.45) is 0. The highest BCUT2D eigenvalue weighted by Gasteiger charge is 2.27. The van der Waals surface area contributed by atoms with Crippen LogP contribution in [0.15, 0.2) is 18.2 Å². The molecule has 1 fully saturated rings. The zero-order chi connectivity index (χ0) is 18.0. The molecule has 2 aromatic rings. The number of piperazine rings is 1. The highest BCUT2D eigenvalue weighted by Crippen LogP contribution is 2.35. The highest BCUT2D eigenvalue weighted by atomic mass is 32.1. The third-order valence-electron chi connectivity index (χ3n) is 4.38. The molecule has 0 spiro atoms. The van der Waals surface area contributed by atoms with Crippen LogP contribution in [0.2, 0.25) is 0 Å². The number of carbonyl (C=O) groups is 1. The smallest absolute Gasteiger partial charge is 0.266 e. The van der Waals surface area contributed by atoms with Crippen molar-refractivity contribution in [1.29, 1.82) is 0 Å². The summed E-state index contributed by atoms with van der Waals surface area (Å²) in [6.45, 7) is 6.34. The summed E-state index contributed by atoms with van der Waals surface area (Å²) in [6, 6.07) is 5.86. The Bertz CT molecular complexity index is 775. The van der Waals surface area contributed by atoms with Crippen LogP contribution in [0.3, 0.4) is 0 Å². The maximum absolute atomic E-state index is 12.9. The fraction of sp³-hybridized carbons (Fsp3) is 0.444. The van der Waals surface area contributed by atoms with Gasteiger partial charge in [-0.2, -0.15) is 0 Å². The van der Waals surface area contributed by atoms with E-state index < -0.39 is 0 Å². The molecule has 25 heavy (non-hydrogen) atoms. The van der Waals surface area contributed by atoms with Crippen molar-refractivity contribution in [2.75, 3.05) is 33.9 Å². The Morgan fingerprint density at radius 1 is 1.32 bits per heavy atom. The minimum Gasteiger partial charge on any atom is -0.493 e. The second-order valence-electron chi connectivity index (χ2n) is 6.06. The number of amides is 1. The van der Waals surface area contributed by atoms with Gasteiger partial charge < -0.3 is 19.7 Å². The summed E-state index contributed by atoms with van der Waals surface area (Å²) in [5, 5.41) is 4.12. The van der Waals surface area contributed by atoms with Gasteiger partial charge in [-0.15, -0.1) is 11.3 Å². The van der Waals surface area contributed by atoms with Crippen LogP contribution in [0.4, 0.5) is 0 Å². The predicted octanol–water partition coefficient (Wildman–Crippen LogP) is 2.57. The lowest BCUT2D eigenvalue weighted by atomic mass is 10.2. The van der Waals surface area contributed by atoms with E-state index in [1.165, 1.54) is 11.3 Å². The van der Waals surface area contributed by atoms with Gasteiger partial charge in [0.2, 0.25) is 0 Å². The topological polar surface area (TPSA) is 63.7 Å². The summed E-state index contributed by atoms with van der Waals surface area (Å²) < 4.78 is 10.6. The Hall–Kier alpha value is -2.12. The summed E-state index contributed by atoms with van der Waals surface area (Å²) in [7, 11) is 3.21. The van der Waals surface area contributed by atoms with E-state index in [4.69, 9.17) is 9.47 Å². The van der Waals surface area contributed by atoms with Crippen molar-refractivity contribution in [2.24, 2.45) is 0 Å². The Balaban J connectivity index is 1.91. The third-order valence-corrected chi connectivity index (χ3v) is 5.58. The summed E-state index contributed by atoms with van der Waals surface area (Å²) in [4.78, 5) is 20.2. The average Bonchev–Trinajstić information content (AvgIpc) is 3.02. The molecule has 1 aliphatic heterocycles. The molecule has 6 nitrogen and oxygen atoms in total. The summed E-state index contributed by atoms with van der Waals surface area (Å²) in [5.41, 5.74) is 1.68. The first-order valence-corrected chi connectivity index (χ1v) is 9.08. The molecule has 1 amide bonds. The summed E-state index contributed by atoms with van der Waals surface area (Å²) in [5.74, 6) is 1.39. The average molecular weight is 361 g/mol. The quantitative estimate of drug-likeness (QED) is 0.907. The number of nitrogens with zero attached hydrogens (tertiary/aromatic N) is 2. The number of carbonyl (C=O) groups excluding carboxylic acids is 1. The minimum absolute atomic E-state index is 0.0655. The number of aryl methyl sites for hydroxylation is 1. The van der Waals surface area contributed by atoms with E-state index in [9.17, 15) is 4.79 Å². The molecule has 1 N–H and O–H groups in total. The fourth-order valence-corrected chi connectivity index (χ4v) is 3.98. The van der Waals surface area contributed by atoms with Crippen molar-refractivity contribution in [3.8, 4) is 22.1 Å². The van der Waals surface area contributed by atoms with E-state index in [1.807, 2.05) is 30.0 Å². The van der Waals surface area contributed by atoms with Crippen LogP contribution >= 0.6 is 11.3 Å². The van der Waals surface area contributed by atoms with Crippen molar-refractivity contribution >= 4 is 17.2 Å². The third kappa shape index (κ3) is 3.48. The van der Waals surface area contributed by atoms with Gasteiger partial charge in [-0.1, -0.05) is 0 Å². The van der Waals surface area contributed by atoms with Gasteiger partial charge in [0.25, 0.3) is 5.91 Å². The van der Waals surface area contributed by atoms with Gasteiger partial charge in [-0.25, -0.2) is 4.98 Å². The zero-order valence-corrected chi connectivity index (χ0v) is 15.8. The molecule has 0 saturated carbocycles. The van der Waals surface area contributed by atoms with Crippen molar-refractivity contribution in [3.63, 3.8) is 0 Å². The summed E-state index contributed by atoms with van der Waals surface area (Å²) >= 11 is 1.43. The first kappa shape index (κ1) is 17.7. The van der Waals surface area contributed by atoms with Gasteiger partial charge in [-0.05, 0) is 32.0 Å². The molecule has 0 radical (unpaired) electrons. The Morgan fingerprint density at radius 2 is 2.08 bits per heavy atom. The van der Waals surface area contributed by atoms with Crippen LogP contribution in [0.1, 0.15) is 22.3 Å². The molecular weight excluding hydrogens is 338 g/mol. The highest BCUT2D eigenvalue weighted by molar-refractivity contribution is 7.17. The number of rotatable bonds is 4. The normalized spacial score (nSPS) is 17.4. The number of thiazole rings is 1. The lowest BCUT2D eigenvalue weighted by Crippen LogP contribution is -2.52. The Labute approximate surface area is 151 Å². The lowest BCUT2D eigenvalue weighted by Gasteiger charge is -2.33. The lowest BCUT2D eigenvalue weighted by molar-refractivity contribution is 0.0660. The van der Waals surface area contributed by atoms with Crippen molar-refractivity contribution in [2.45, 2.75) is 19.9 Å². The van der Waals surface area contributed by atoms with E-state index in [1.54, 1.807) is 14.2 Å². The fourth-order valence-electron chi connectivity index (χ4n) is 2.96. The number of hydrogen-bond donors (Lipinski definition) is 1. The number of ether oxygens (including phenoxy) is 2. The van der Waals surface area contributed by atoms with Gasteiger partial charge in [0.15, 0.2) is 11.5 Å². The molecular formula is C18H23N3O3S. The molecule has 1 saturated heterocycles. The zero-order valence-electron chi connectivity index (χ0n) is 15.0. The van der Waals surface area contributed by atoms with Crippen LogP contribution in [0.5, 0.6) is 11.5 Å². The maximum Gasteiger partial charge on any atom is 0.266 e. The standard InChI is InChI=1S/C18H23N3O3S/c1-11-10-19-7-8-21(11)18(22)16-12(2)20-17(25-16)13-5-6-14(23-3)15(9-13)24-4/h5-6,9,11,19H,7-8,10H2,1-4H3/t11-/m1/s1. The maximum atomic E-state index is 12.9. The molecule has 2 heterocycles. The monoisotopic (exact) mass is 361 g/mol. The number of benzene rings is 1. The second-order valence-corrected chi connectivity index (χ2v) is 7.05. The molecule has 1 atom stereocenters. The van der Waals surface area contributed by atoms with Gasteiger partial charge in [-0.3, -0.25) is 4.79 Å². The molecule has 0 aliphatic carbocycles. The van der Waals surface area contributed by atoms with Gasteiger partial charge >= 0.3 is 0 Å². The first-order valence-electron chi connectivity index (χ1n) is 8.26. The van der Waals surface area contributed by atoms with Crippen molar-refractivity contribution in [3.05, 3.63) is 28.8 Å².